The van der Waals surface area contributed by atoms with E-state index >= 15 is 0 Å². The zero-order chi connectivity index (χ0) is 8.55. The van der Waals surface area contributed by atoms with Gasteiger partial charge in [-0.2, -0.15) is 0 Å². The van der Waals surface area contributed by atoms with E-state index in [1.807, 2.05) is 6.07 Å². The van der Waals surface area contributed by atoms with Crippen LogP contribution in [0.25, 0.3) is 0 Å². The summed E-state index contributed by atoms with van der Waals surface area (Å²) in [4.78, 5) is 11.3. The quantitative estimate of drug-likeness (QED) is 0.565. The lowest BCUT2D eigenvalue weighted by molar-refractivity contribution is 0.0984. The Morgan fingerprint density at radius 3 is 3.08 bits per heavy atom. The molecule has 0 fully saturated rings. The van der Waals surface area contributed by atoms with Gasteiger partial charge < -0.3 is 11.1 Å². The van der Waals surface area contributed by atoms with E-state index in [2.05, 4.69) is 5.32 Å². The van der Waals surface area contributed by atoms with Gasteiger partial charge in [0.25, 0.3) is 0 Å². The molecule has 0 unspecified atom stereocenters. The summed E-state index contributed by atoms with van der Waals surface area (Å²) in [5.41, 5.74) is 7.83. The Morgan fingerprint density at radius 1 is 1.42 bits per heavy atom. The molecule has 1 aromatic carbocycles. The second-order valence-corrected chi connectivity index (χ2v) is 2.90. The first kappa shape index (κ1) is 7.16. The number of rotatable bonds is 0. The van der Waals surface area contributed by atoms with Crippen LogP contribution in [-0.4, -0.2) is 12.3 Å². The molecule has 1 aliphatic heterocycles. The molecule has 0 saturated carbocycles. The first-order valence-corrected chi connectivity index (χ1v) is 3.94. The number of hydrogen-bond donors (Lipinski definition) is 2. The third-order valence-electron chi connectivity index (χ3n) is 2.01. The van der Waals surface area contributed by atoms with E-state index in [4.69, 9.17) is 5.73 Å². The average Bonchev–Trinajstić information content (AvgIpc) is 2.07. The van der Waals surface area contributed by atoms with Gasteiger partial charge in [-0.25, -0.2) is 0 Å². The molecule has 0 aliphatic carbocycles. The minimum absolute atomic E-state index is 0.177. The summed E-state index contributed by atoms with van der Waals surface area (Å²) in [6, 6.07) is 5.37. The molecule has 1 heterocycles. The first-order valence-electron chi connectivity index (χ1n) is 3.94. The maximum Gasteiger partial charge on any atom is 0.166 e. The van der Waals surface area contributed by atoms with Crippen LogP contribution >= 0.6 is 0 Å². The van der Waals surface area contributed by atoms with Crippen LogP contribution in [0.1, 0.15) is 16.8 Å². The third-order valence-corrected chi connectivity index (χ3v) is 2.01. The van der Waals surface area contributed by atoms with Crippen molar-refractivity contribution in [2.75, 3.05) is 17.6 Å². The van der Waals surface area contributed by atoms with Crippen molar-refractivity contribution >= 4 is 17.2 Å². The van der Waals surface area contributed by atoms with E-state index in [1.165, 1.54) is 0 Å². The minimum atomic E-state index is 0.177. The van der Waals surface area contributed by atoms with Gasteiger partial charge in [-0.3, -0.25) is 4.79 Å². The Kier molecular flexibility index (Phi) is 1.50. The van der Waals surface area contributed by atoms with Gasteiger partial charge in [0.15, 0.2) is 5.78 Å². The van der Waals surface area contributed by atoms with Crippen LogP contribution in [-0.2, 0) is 0 Å². The fraction of sp³-hybridized carbons (Fsp3) is 0.222. The van der Waals surface area contributed by atoms with E-state index in [9.17, 15) is 4.79 Å². The van der Waals surface area contributed by atoms with Crippen LogP contribution in [0.2, 0.25) is 0 Å². The molecule has 0 atom stereocenters. The molecule has 3 N–H and O–H groups in total. The SMILES string of the molecule is Nc1ccc2c(c1)C(=O)CCN2. The number of carbonyl (C=O) groups is 1. The van der Waals surface area contributed by atoms with Crippen LogP contribution in [0.15, 0.2) is 18.2 Å². The van der Waals surface area contributed by atoms with Crippen molar-refractivity contribution in [1.82, 2.24) is 0 Å². The summed E-state index contributed by atoms with van der Waals surface area (Å²) in [6.45, 7) is 0.732. The van der Waals surface area contributed by atoms with E-state index in [0.717, 1.165) is 17.8 Å². The van der Waals surface area contributed by atoms with Crippen molar-refractivity contribution in [1.29, 1.82) is 0 Å². The number of fused-ring (bicyclic) bond motifs is 1. The number of ketones is 1. The highest BCUT2D eigenvalue weighted by molar-refractivity contribution is 6.03. The number of nitrogen functional groups attached to an aromatic ring is 1. The first-order chi connectivity index (χ1) is 5.77. The fourth-order valence-corrected chi connectivity index (χ4v) is 1.39. The minimum Gasteiger partial charge on any atom is -0.399 e. The van der Waals surface area contributed by atoms with Crippen molar-refractivity contribution in [3.63, 3.8) is 0 Å². The molecule has 1 aliphatic rings. The molecule has 12 heavy (non-hydrogen) atoms. The second-order valence-electron chi connectivity index (χ2n) is 2.90. The Morgan fingerprint density at radius 2 is 2.25 bits per heavy atom. The van der Waals surface area contributed by atoms with E-state index in [1.54, 1.807) is 12.1 Å². The summed E-state index contributed by atoms with van der Waals surface area (Å²) in [6.07, 6.45) is 0.566. The van der Waals surface area contributed by atoms with Gasteiger partial charge in [-0.1, -0.05) is 0 Å². The summed E-state index contributed by atoms with van der Waals surface area (Å²) in [5.74, 6) is 0.177. The van der Waals surface area contributed by atoms with Crippen molar-refractivity contribution in [2.24, 2.45) is 0 Å². The maximum atomic E-state index is 11.3. The predicted molar refractivity (Wildman–Crippen MR) is 48.3 cm³/mol. The number of hydrogen-bond acceptors (Lipinski definition) is 3. The Balaban J connectivity index is 2.54. The molecule has 0 aromatic heterocycles. The molecule has 1 aromatic rings. The lowest BCUT2D eigenvalue weighted by Gasteiger charge is -2.16. The third kappa shape index (κ3) is 1.03. The zero-order valence-corrected chi connectivity index (χ0v) is 6.63. The van der Waals surface area contributed by atoms with Crippen LogP contribution in [0.5, 0.6) is 0 Å². The van der Waals surface area contributed by atoms with E-state index in [0.29, 0.717) is 12.1 Å². The molecule has 0 spiro atoms. The number of nitrogens with one attached hydrogen (secondary N) is 1. The Labute approximate surface area is 70.6 Å². The normalized spacial score (nSPS) is 15.2. The molecule has 0 radical (unpaired) electrons. The van der Waals surface area contributed by atoms with E-state index < -0.39 is 0 Å². The van der Waals surface area contributed by atoms with Crippen molar-refractivity contribution in [3.8, 4) is 0 Å². The number of anilines is 2. The van der Waals surface area contributed by atoms with E-state index in [-0.39, 0.29) is 5.78 Å². The van der Waals surface area contributed by atoms with Crippen molar-refractivity contribution in [3.05, 3.63) is 23.8 Å². The fourth-order valence-electron chi connectivity index (χ4n) is 1.39. The maximum absolute atomic E-state index is 11.3. The Bertz CT molecular complexity index is 333. The van der Waals surface area contributed by atoms with Crippen LogP contribution in [0.4, 0.5) is 11.4 Å². The predicted octanol–water partition coefficient (Wildman–Crippen LogP) is 1.27. The van der Waals surface area contributed by atoms with Crippen LogP contribution < -0.4 is 11.1 Å². The monoisotopic (exact) mass is 162 g/mol. The molecule has 0 amide bonds. The average molecular weight is 162 g/mol. The summed E-state index contributed by atoms with van der Waals surface area (Å²) in [7, 11) is 0. The molecular weight excluding hydrogens is 152 g/mol. The van der Waals surface area contributed by atoms with Gasteiger partial charge in [-0.05, 0) is 18.2 Å². The number of benzene rings is 1. The highest BCUT2D eigenvalue weighted by atomic mass is 16.1. The summed E-state index contributed by atoms with van der Waals surface area (Å²) < 4.78 is 0. The van der Waals surface area contributed by atoms with Gasteiger partial charge in [0, 0.05) is 29.9 Å². The largest absolute Gasteiger partial charge is 0.399 e. The highest BCUT2D eigenvalue weighted by Crippen LogP contribution is 2.23. The topological polar surface area (TPSA) is 55.1 Å². The summed E-state index contributed by atoms with van der Waals surface area (Å²) >= 11 is 0. The van der Waals surface area contributed by atoms with Gasteiger partial charge in [0.2, 0.25) is 0 Å². The molecular formula is C9H10N2O. The molecule has 62 valence electrons. The van der Waals surface area contributed by atoms with Crippen molar-refractivity contribution < 1.29 is 4.79 Å². The molecule has 0 bridgehead atoms. The number of Topliss-reactive ketones (excluding diaryl/α,β-unsaturated/α-hetero) is 1. The number of nitrogens with two attached hydrogens (primary N) is 1. The van der Waals surface area contributed by atoms with Gasteiger partial charge in [0.1, 0.15) is 0 Å². The summed E-state index contributed by atoms with van der Waals surface area (Å²) in [5, 5.41) is 3.14. The molecule has 3 nitrogen and oxygen atoms in total. The zero-order valence-electron chi connectivity index (χ0n) is 6.63. The smallest absolute Gasteiger partial charge is 0.166 e. The van der Waals surface area contributed by atoms with Gasteiger partial charge >= 0.3 is 0 Å². The molecule has 3 heteroatoms. The number of carbonyl (C=O) groups excluding carboxylic acids is 1. The van der Waals surface area contributed by atoms with Crippen molar-refractivity contribution in [2.45, 2.75) is 6.42 Å². The lowest BCUT2D eigenvalue weighted by Crippen LogP contribution is -2.17. The standard InChI is InChI=1S/C9H10N2O/c10-6-1-2-8-7(5-6)9(12)3-4-11-8/h1-2,5,11H,3-4,10H2. The molecule has 0 saturated heterocycles. The van der Waals surface area contributed by atoms with Crippen LogP contribution in [0.3, 0.4) is 0 Å². The van der Waals surface area contributed by atoms with Crippen LogP contribution in [0, 0.1) is 0 Å². The van der Waals surface area contributed by atoms with Gasteiger partial charge in [-0.15, -0.1) is 0 Å². The highest BCUT2D eigenvalue weighted by Gasteiger charge is 2.15. The molecule has 2 rings (SSSR count). The Hall–Kier alpha value is -1.51. The van der Waals surface area contributed by atoms with Gasteiger partial charge in [0.05, 0.1) is 0 Å². The lowest BCUT2D eigenvalue weighted by atomic mass is 10.0. The second kappa shape index (κ2) is 2.52.